The molecule has 3 nitrogen and oxygen atoms in total. The van der Waals surface area contributed by atoms with E-state index in [4.69, 9.17) is 4.42 Å². The second-order valence-corrected chi connectivity index (χ2v) is 10.5. The Balaban J connectivity index is 1.38. The minimum absolute atomic E-state index is 0.129. The number of para-hydroxylation sites is 5. The first-order valence-corrected chi connectivity index (χ1v) is 13.7. The second kappa shape index (κ2) is 8.14. The molecule has 40 heavy (non-hydrogen) atoms. The maximum Gasteiger partial charge on any atom is 0.252 e. The van der Waals surface area contributed by atoms with Crippen molar-refractivity contribution in [2.75, 3.05) is 9.80 Å². The number of furan rings is 1. The van der Waals surface area contributed by atoms with Gasteiger partial charge in [0, 0.05) is 39.2 Å². The van der Waals surface area contributed by atoms with E-state index in [1.54, 1.807) is 0 Å². The van der Waals surface area contributed by atoms with Crippen molar-refractivity contribution >= 4 is 79.2 Å². The van der Waals surface area contributed by atoms with Crippen molar-refractivity contribution in [2.45, 2.75) is 0 Å². The predicted octanol–water partition coefficient (Wildman–Crippen LogP) is 7.67. The highest BCUT2D eigenvalue weighted by Crippen LogP contribution is 2.46. The van der Waals surface area contributed by atoms with E-state index in [0.717, 1.165) is 33.3 Å². The highest BCUT2D eigenvalue weighted by atomic mass is 16.3. The Labute approximate surface area is 232 Å². The van der Waals surface area contributed by atoms with E-state index < -0.39 is 0 Å². The Morgan fingerprint density at radius 3 is 1.77 bits per heavy atom. The van der Waals surface area contributed by atoms with Crippen molar-refractivity contribution in [1.82, 2.24) is 0 Å². The summed E-state index contributed by atoms with van der Waals surface area (Å²) in [5.74, 6) is 0. The summed E-state index contributed by atoms with van der Waals surface area (Å²) in [7, 11) is 0. The van der Waals surface area contributed by atoms with Gasteiger partial charge < -0.3 is 14.2 Å². The zero-order valence-electron chi connectivity index (χ0n) is 21.7. The summed E-state index contributed by atoms with van der Waals surface area (Å²) in [6.07, 6.45) is 0. The second-order valence-electron chi connectivity index (χ2n) is 10.5. The van der Waals surface area contributed by atoms with Crippen LogP contribution in [-0.2, 0) is 0 Å². The molecule has 7 aromatic rings. The van der Waals surface area contributed by atoms with Crippen LogP contribution < -0.4 is 26.2 Å². The van der Waals surface area contributed by atoms with Crippen LogP contribution in [0.25, 0.3) is 21.9 Å². The topological polar surface area (TPSA) is 19.6 Å². The molecule has 0 saturated carbocycles. The predicted molar refractivity (Wildman–Crippen MR) is 168 cm³/mol. The molecule has 4 heteroatoms. The molecule has 0 spiro atoms. The molecule has 2 aliphatic heterocycles. The van der Waals surface area contributed by atoms with Crippen molar-refractivity contribution in [1.29, 1.82) is 0 Å². The molecule has 9 rings (SSSR count). The third kappa shape index (κ3) is 2.85. The lowest BCUT2D eigenvalue weighted by molar-refractivity contribution is 0.669. The summed E-state index contributed by atoms with van der Waals surface area (Å²) < 4.78 is 6.56. The molecule has 0 fully saturated rings. The van der Waals surface area contributed by atoms with Gasteiger partial charge in [0.25, 0.3) is 6.71 Å². The van der Waals surface area contributed by atoms with Crippen LogP contribution in [0.4, 0.5) is 34.1 Å². The SMILES string of the molecule is c1ccc(N2c3ccccc3B3c4ccccc4N(c4cccc5c4oc4ccccc45)c4cccc2c43)cc1. The van der Waals surface area contributed by atoms with E-state index in [1.807, 2.05) is 6.07 Å². The van der Waals surface area contributed by atoms with Gasteiger partial charge in [-0.15, -0.1) is 0 Å². The largest absolute Gasteiger partial charge is 0.454 e. The monoisotopic (exact) mass is 510 g/mol. The Morgan fingerprint density at radius 1 is 0.425 bits per heavy atom. The number of fused-ring (bicyclic) bond motifs is 7. The average Bonchev–Trinajstić information content (AvgIpc) is 3.41. The molecular formula is C36H23BN2O. The quantitative estimate of drug-likeness (QED) is 0.223. The molecule has 0 aliphatic carbocycles. The molecule has 186 valence electrons. The van der Waals surface area contributed by atoms with Crippen LogP contribution in [0.5, 0.6) is 0 Å². The first-order chi connectivity index (χ1) is 19.9. The molecule has 1 aromatic heterocycles. The van der Waals surface area contributed by atoms with E-state index in [9.17, 15) is 0 Å². The summed E-state index contributed by atoms with van der Waals surface area (Å²) in [5.41, 5.74) is 12.8. The molecule has 6 aromatic carbocycles. The van der Waals surface area contributed by atoms with E-state index in [0.29, 0.717) is 0 Å². The van der Waals surface area contributed by atoms with E-state index in [2.05, 4.69) is 143 Å². The van der Waals surface area contributed by atoms with Gasteiger partial charge in [-0.2, -0.15) is 0 Å². The highest BCUT2D eigenvalue weighted by molar-refractivity contribution is 7.00. The fraction of sp³-hybridized carbons (Fsp3) is 0. The third-order valence-electron chi connectivity index (χ3n) is 8.45. The van der Waals surface area contributed by atoms with Gasteiger partial charge in [-0.05, 0) is 64.9 Å². The van der Waals surface area contributed by atoms with Crippen LogP contribution in [0.15, 0.2) is 144 Å². The van der Waals surface area contributed by atoms with Crippen molar-refractivity contribution in [3.63, 3.8) is 0 Å². The van der Waals surface area contributed by atoms with Crippen LogP contribution in [-0.4, -0.2) is 6.71 Å². The normalized spacial score (nSPS) is 13.3. The van der Waals surface area contributed by atoms with Crippen LogP contribution in [0.1, 0.15) is 0 Å². The van der Waals surface area contributed by atoms with E-state index >= 15 is 0 Å². The molecule has 0 unspecified atom stereocenters. The molecule has 0 N–H and O–H groups in total. The van der Waals surface area contributed by atoms with Gasteiger partial charge >= 0.3 is 0 Å². The maximum atomic E-state index is 6.56. The molecule has 0 radical (unpaired) electrons. The lowest BCUT2D eigenvalue weighted by atomic mass is 9.33. The molecule has 2 aliphatic rings. The molecule has 0 saturated heterocycles. The van der Waals surface area contributed by atoms with E-state index in [1.165, 1.54) is 39.1 Å². The lowest BCUT2D eigenvalue weighted by Gasteiger charge is -2.43. The summed E-state index contributed by atoms with van der Waals surface area (Å²) in [5, 5.41) is 2.27. The van der Waals surface area contributed by atoms with Gasteiger partial charge in [-0.25, -0.2) is 0 Å². The molecule has 0 atom stereocenters. The summed E-state index contributed by atoms with van der Waals surface area (Å²) >= 11 is 0. The van der Waals surface area contributed by atoms with Gasteiger partial charge in [-0.3, -0.25) is 0 Å². The molecule has 3 heterocycles. The number of anilines is 6. The fourth-order valence-electron chi connectivity index (χ4n) is 6.86. The Morgan fingerprint density at radius 2 is 0.975 bits per heavy atom. The molecule has 0 bridgehead atoms. The van der Waals surface area contributed by atoms with Gasteiger partial charge in [0.1, 0.15) is 5.58 Å². The van der Waals surface area contributed by atoms with Crippen LogP contribution in [0.2, 0.25) is 0 Å². The standard InChI is InChI=1S/C36H23BN2O/c1-2-12-24(13-3-1)38-29-18-7-5-16-27(29)37-28-17-6-8-19-30(28)39(32-21-11-20-31(38)35(32)37)33-22-10-15-26-25-14-4-9-23-34(25)40-36(26)33/h1-23H. The van der Waals surface area contributed by atoms with E-state index in [-0.39, 0.29) is 6.71 Å². The van der Waals surface area contributed by atoms with Crippen molar-refractivity contribution in [2.24, 2.45) is 0 Å². The number of benzene rings is 6. The average molecular weight is 510 g/mol. The zero-order valence-corrected chi connectivity index (χ0v) is 21.7. The zero-order chi connectivity index (χ0) is 26.2. The van der Waals surface area contributed by atoms with Gasteiger partial charge in [0.2, 0.25) is 0 Å². The van der Waals surface area contributed by atoms with Crippen LogP contribution in [0, 0.1) is 0 Å². The maximum absolute atomic E-state index is 6.56. The van der Waals surface area contributed by atoms with Crippen molar-refractivity contribution in [3.8, 4) is 0 Å². The van der Waals surface area contributed by atoms with Crippen molar-refractivity contribution < 1.29 is 4.42 Å². The Bertz CT molecular complexity index is 2100. The number of hydrogen-bond donors (Lipinski definition) is 0. The molecule has 0 amide bonds. The number of hydrogen-bond acceptors (Lipinski definition) is 3. The number of nitrogens with zero attached hydrogens (tertiary/aromatic N) is 2. The third-order valence-corrected chi connectivity index (χ3v) is 8.45. The van der Waals surface area contributed by atoms with Crippen LogP contribution in [0.3, 0.4) is 0 Å². The van der Waals surface area contributed by atoms with Gasteiger partial charge in [0.05, 0.1) is 5.69 Å². The number of rotatable bonds is 2. The van der Waals surface area contributed by atoms with Gasteiger partial charge in [0.15, 0.2) is 5.58 Å². The molecular weight excluding hydrogens is 487 g/mol. The lowest BCUT2D eigenvalue weighted by Crippen LogP contribution is -2.61. The van der Waals surface area contributed by atoms with Crippen LogP contribution >= 0.6 is 0 Å². The summed E-state index contributed by atoms with van der Waals surface area (Å²) in [6.45, 7) is 0.129. The first-order valence-electron chi connectivity index (χ1n) is 13.7. The Hall–Kier alpha value is -5.22. The highest BCUT2D eigenvalue weighted by Gasteiger charge is 2.43. The Kier molecular flexibility index (Phi) is 4.41. The minimum Gasteiger partial charge on any atom is -0.454 e. The minimum atomic E-state index is 0.129. The first kappa shape index (κ1) is 21.7. The van der Waals surface area contributed by atoms with Gasteiger partial charge in [-0.1, -0.05) is 91.0 Å². The summed E-state index contributed by atoms with van der Waals surface area (Å²) in [6, 6.07) is 49.9. The summed E-state index contributed by atoms with van der Waals surface area (Å²) in [4.78, 5) is 4.82. The van der Waals surface area contributed by atoms with Crippen molar-refractivity contribution in [3.05, 3.63) is 140 Å². The smallest absolute Gasteiger partial charge is 0.252 e. The fourth-order valence-corrected chi connectivity index (χ4v) is 6.86.